The Morgan fingerprint density at radius 3 is 2.57 bits per heavy atom. The van der Waals surface area contributed by atoms with E-state index in [9.17, 15) is 14.7 Å². The van der Waals surface area contributed by atoms with E-state index in [1.165, 1.54) is 11.6 Å². The van der Waals surface area contributed by atoms with Gasteiger partial charge in [-0.1, -0.05) is 41.9 Å². The largest absolute Gasteiger partial charge is 0.480 e. The molecule has 0 saturated carbocycles. The van der Waals surface area contributed by atoms with Gasteiger partial charge < -0.3 is 25.2 Å². The Bertz CT molecular complexity index is 2110. The lowest BCUT2D eigenvalue weighted by Crippen LogP contribution is -2.46. The molecule has 0 aliphatic carbocycles. The van der Waals surface area contributed by atoms with Crippen molar-refractivity contribution in [2.24, 2.45) is 14.1 Å². The lowest BCUT2D eigenvalue weighted by Gasteiger charge is -2.28. The Kier molecular flexibility index (Phi) is 9.11. The van der Waals surface area contributed by atoms with Crippen LogP contribution in [0.3, 0.4) is 0 Å². The fourth-order valence-corrected chi connectivity index (χ4v) is 6.26. The number of nitrogens with zero attached hydrogens (tertiary/aromatic N) is 5. The number of ether oxygens (including phenoxy) is 2. The fraction of sp³-hybridized carbons (Fsp3) is 0.324. The second kappa shape index (κ2) is 13.2. The van der Waals surface area contributed by atoms with Crippen molar-refractivity contribution in [1.82, 2.24) is 29.4 Å². The van der Waals surface area contributed by atoms with Gasteiger partial charge in [-0.3, -0.25) is 18.9 Å². The van der Waals surface area contributed by atoms with Crippen LogP contribution in [0.1, 0.15) is 23.4 Å². The van der Waals surface area contributed by atoms with Crippen LogP contribution in [-0.2, 0) is 25.4 Å². The molecule has 3 aromatic heterocycles. The highest BCUT2D eigenvalue weighted by Gasteiger charge is 2.24. The molecule has 0 bridgehead atoms. The number of rotatable bonds is 8. The SMILES string of the molecule is COc1nc(-c2cccc(-c3cccc(Nc4nc(C)cc5c4c(=O)n(C)c(=O)n5C)c3C)c2Cl)cnc1CNC1CCOCC1O. The number of nitrogens with one attached hydrogen (secondary N) is 2. The Hall–Kier alpha value is -4.62. The summed E-state index contributed by atoms with van der Waals surface area (Å²) >= 11 is 7.08. The third kappa shape index (κ3) is 6.12. The molecule has 12 nitrogen and oxygen atoms in total. The fourth-order valence-electron chi connectivity index (χ4n) is 5.93. The molecule has 13 heteroatoms. The molecule has 3 N–H and O–H groups in total. The van der Waals surface area contributed by atoms with E-state index in [0.717, 1.165) is 26.9 Å². The van der Waals surface area contributed by atoms with Crippen LogP contribution in [0.2, 0.25) is 5.02 Å². The van der Waals surface area contributed by atoms with Crippen molar-refractivity contribution < 1.29 is 14.6 Å². The summed E-state index contributed by atoms with van der Waals surface area (Å²) in [6.07, 6.45) is 1.78. The minimum atomic E-state index is -0.587. The number of fused-ring (bicyclic) bond motifs is 1. The van der Waals surface area contributed by atoms with E-state index in [1.54, 1.807) is 26.4 Å². The lowest BCUT2D eigenvalue weighted by atomic mass is 9.96. The van der Waals surface area contributed by atoms with Crippen molar-refractivity contribution in [2.45, 2.75) is 39.0 Å². The molecule has 4 heterocycles. The molecule has 2 atom stereocenters. The summed E-state index contributed by atoms with van der Waals surface area (Å²) < 4.78 is 13.4. The summed E-state index contributed by atoms with van der Waals surface area (Å²) in [5, 5.41) is 17.7. The van der Waals surface area contributed by atoms with E-state index in [4.69, 9.17) is 26.1 Å². The first-order valence-corrected chi connectivity index (χ1v) is 15.6. The predicted molar refractivity (Wildman–Crippen MR) is 182 cm³/mol. The van der Waals surface area contributed by atoms with Gasteiger partial charge in [0.25, 0.3) is 5.56 Å². The van der Waals surface area contributed by atoms with Crippen LogP contribution in [0.25, 0.3) is 33.3 Å². The van der Waals surface area contributed by atoms with E-state index >= 15 is 0 Å². The molecule has 0 spiro atoms. The van der Waals surface area contributed by atoms with Crippen LogP contribution >= 0.6 is 11.6 Å². The zero-order valence-corrected chi connectivity index (χ0v) is 27.6. The highest BCUT2D eigenvalue weighted by atomic mass is 35.5. The number of methoxy groups -OCH3 is 1. The zero-order valence-electron chi connectivity index (χ0n) is 26.8. The number of benzene rings is 2. The van der Waals surface area contributed by atoms with Gasteiger partial charge in [-0.25, -0.2) is 14.8 Å². The molecule has 2 aromatic carbocycles. The van der Waals surface area contributed by atoms with Crippen LogP contribution in [0.4, 0.5) is 11.5 Å². The molecule has 47 heavy (non-hydrogen) atoms. The van der Waals surface area contributed by atoms with Gasteiger partial charge in [-0.15, -0.1) is 0 Å². The molecule has 2 unspecified atom stereocenters. The molecule has 0 amide bonds. The summed E-state index contributed by atoms with van der Waals surface area (Å²) in [4.78, 5) is 39.8. The van der Waals surface area contributed by atoms with Crippen LogP contribution in [0, 0.1) is 13.8 Å². The maximum atomic E-state index is 13.2. The molecule has 1 saturated heterocycles. The zero-order chi connectivity index (χ0) is 33.4. The Morgan fingerprint density at radius 2 is 1.81 bits per heavy atom. The van der Waals surface area contributed by atoms with E-state index in [2.05, 4.69) is 20.6 Å². The van der Waals surface area contributed by atoms with Crippen LogP contribution in [-0.4, -0.2) is 61.7 Å². The van der Waals surface area contributed by atoms with Gasteiger partial charge in [-0.05, 0) is 43.5 Å². The maximum absolute atomic E-state index is 13.2. The third-order valence-corrected chi connectivity index (χ3v) is 9.00. The summed E-state index contributed by atoms with van der Waals surface area (Å²) in [7, 11) is 4.64. The topological polar surface area (TPSA) is 145 Å². The van der Waals surface area contributed by atoms with Gasteiger partial charge in [-0.2, -0.15) is 0 Å². The summed E-state index contributed by atoms with van der Waals surface area (Å²) in [6, 6.07) is 13.1. The maximum Gasteiger partial charge on any atom is 0.330 e. The average Bonchev–Trinajstić information content (AvgIpc) is 3.07. The molecule has 0 radical (unpaired) electrons. The molecule has 5 aromatic rings. The molecule has 6 rings (SSSR count). The molecule has 1 fully saturated rings. The third-order valence-electron chi connectivity index (χ3n) is 8.59. The summed E-state index contributed by atoms with van der Waals surface area (Å²) in [6.45, 7) is 5.05. The van der Waals surface area contributed by atoms with E-state index in [-0.39, 0.29) is 6.04 Å². The van der Waals surface area contributed by atoms with Crippen molar-refractivity contribution in [3.05, 3.63) is 91.5 Å². The monoisotopic (exact) mass is 657 g/mol. The van der Waals surface area contributed by atoms with Gasteiger partial charge in [0.05, 0.1) is 42.3 Å². The highest BCUT2D eigenvalue weighted by molar-refractivity contribution is 6.36. The second-order valence-corrected chi connectivity index (χ2v) is 12.0. The highest BCUT2D eigenvalue weighted by Crippen LogP contribution is 2.39. The van der Waals surface area contributed by atoms with Gasteiger partial charge in [0.15, 0.2) is 0 Å². The number of anilines is 2. The van der Waals surface area contributed by atoms with Crippen molar-refractivity contribution in [3.63, 3.8) is 0 Å². The number of aromatic nitrogens is 5. The minimum absolute atomic E-state index is 0.103. The quantitative estimate of drug-likeness (QED) is 0.224. The number of halogens is 1. The molecular formula is C34H36ClN7O5. The minimum Gasteiger partial charge on any atom is -0.480 e. The smallest absolute Gasteiger partial charge is 0.330 e. The van der Waals surface area contributed by atoms with Crippen molar-refractivity contribution in [2.75, 3.05) is 25.6 Å². The lowest BCUT2D eigenvalue weighted by molar-refractivity contribution is -0.0281. The number of aliphatic hydroxyl groups excluding tert-OH is 1. The molecule has 244 valence electrons. The molecule has 1 aliphatic heterocycles. The van der Waals surface area contributed by atoms with Crippen molar-refractivity contribution in [1.29, 1.82) is 0 Å². The van der Waals surface area contributed by atoms with Crippen LogP contribution in [0.15, 0.2) is 58.3 Å². The van der Waals surface area contributed by atoms with Crippen LogP contribution in [0.5, 0.6) is 5.88 Å². The number of aryl methyl sites for hydroxylation is 2. The summed E-state index contributed by atoms with van der Waals surface area (Å²) in [5.41, 5.74) is 5.43. The van der Waals surface area contributed by atoms with Gasteiger partial charge in [0.2, 0.25) is 5.88 Å². The first kappa shape index (κ1) is 32.3. The standard InChI is InChI=1S/C34H36ClN7O5/c1-18-14-27-29(33(44)42(4)34(45)41(27)3)31(38-18)39-23-11-7-8-20(19(23)2)21-9-6-10-22(30(21)35)25-15-37-26(32(40-25)46-5)16-36-24-12-13-47-17-28(24)43/h6-11,14-15,24,28,36,43H,12-13,16-17H2,1-5H3,(H,38,39). The first-order valence-electron chi connectivity index (χ1n) is 15.2. The second-order valence-electron chi connectivity index (χ2n) is 11.6. The van der Waals surface area contributed by atoms with Crippen LogP contribution < -0.4 is 26.6 Å². The van der Waals surface area contributed by atoms with Gasteiger partial charge in [0, 0.05) is 55.8 Å². The van der Waals surface area contributed by atoms with Gasteiger partial charge >= 0.3 is 5.69 Å². The van der Waals surface area contributed by atoms with Crippen molar-refractivity contribution in [3.8, 4) is 28.3 Å². The summed E-state index contributed by atoms with van der Waals surface area (Å²) in [5.74, 6) is 0.724. The molecular weight excluding hydrogens is 622 g/mol. The van der Waals surface area contributed by atoms with E-state index in [1.807, 2.05) is 50.2 Å². The Balaban J connectivity index is 1.34. The first-order chi connectivity index (χ1) is 22.6. The van der Waals surface area contributed by atoms with E-state index in [0.29, 0.717) is 76.4 Å². The number of hydrogen-bond acceptors (Lipinski definition) is 10. The van der Waals surface area contributed by atoms with E-state index < -0.39 is 17.4 Å². The van der Waals surface area contributed by atoms with Gasteiger partial charge in [0.1, 0.15) is 16.9 Å². The number of aliphatic hydroxyl groups is 1. The number of pyridine rings is 1. The Morgan fingerprint density at radius 1 is 1.06 bits per heavy atom. The normalized spacial score (nSPS) is 16.4. The van der Waals surface area contributed by atoms with Crippen molar-refractivity contribution >= 4 is 34.0 Å². The average molecular weight is 658 g/mol. The predicted octanol–water partition coefficient (Wildman–Crippen LogP) is 4.02. The Labute approximate surface area is 276 Å². The number of hydrogen-bond donors (Lipinski definition) is 3. The molecule has 1 aliphatic rings.